The lowest BCUT2D eigenvalue weighted by molar-refractivity contribution is -0.122. The SMILES string of the molecule is CCN1C(=O)/C(=C\c2ccc(OCc3ccccc3Cl)c(Br)c2)SC1=Nc1ccc(C(=O)O)cc1. The molecule has 1 N–H and O–H groups in total. The second-order valence-electron chi connectivity index (χ2n) is 7.48. The van der Waals surface area contributed by atoms with Crippen LogP contribution in [0, 0.1) is 0 Å². The zero-order chi connectivity index (χ0) is 24.9. The first-order valence-corrected chi connectivity index (χ1v) is 12.6. The van der Waals surface area contributed by atoms with E-state index in [2.05, 4.69) is 20.9 Å². The first kappa shape index (κ1) is 25.0. The van der Waals surface area contributed by atoms with Crippen molar-refractivity contribution in [1.82, 2.24) is 4.90 Å². The first-order chi connectivity index (χ1) is 16.9. The van der Waals surface area contributed by atoms with E-state index in [-0.39, 0.29) is 11.5 Å². The molecule has 4 rings (SSSR count). The van der Waals surface area contributed by atoms with E-state index in [4.69, 9.17) is 21.4 Å². The highest BCUT2D eigenvalue weighted by Gasteiger charge is 2.32. The smallest absolute Gasteiger partial charge is 0.335 e. The van der Waals surface area contributed by atoms with Crippen molar-refractivity contribution in [2.24, 2.45) is 4.99 Å². The Morgan fingerprint density at radius 1 is 1.17 bits per heavy atom. The summed E-state index contributed by atoms with van der Waals surface area (Å²) in [6, 6.07) is 19.3. The number of halogens is 2. The summed E-state index contributed by atoms with van der Waals surface area (Å²) in [7, 11) is 0. The molecule has 1 fully saturated rings. The first-order valence-electron chi connectivity index (χ1n) is 10.6. The van der Waals surface area contributed by atoms with Crippen LogP contribution < -0.4 is 4.74 Å². The molecule has 1 saturated heterocycles. The number of hydrogen-bond acceptors (Lipinski definition) is 5. The fourth-order valence-corrected chi connectivity index (χ4v) is 5.07. The Morgan fingerprint density at radius 2 is 1.91 bits per heavy atom. The fourth-order valence-electron chi connectivity index (χ4n) is 3.31. The van der Waals surface area contributed by atoms with E-state index < -0.39 is 5.97 Å². The molecule has 0 unspecified atom stereocenters. The molecule has 9 heteroatoms. The van der Waals surface area contributed by atoms with Crippen LogP contribution in [0.4, 0.5) is 5.69 Å². The maximum Gasteiger partial charge on any atom is 0.335 e. The monoisotopic (exact) mass is 570 g/mol. The summed E-state index contributed by atoms with van der Waals surface area (Å²) in [4.78, 5) is 30.7. The van der Waals surface area contributed by atoms with E-state index in [9.17, 15) is 9.59 Å². The third-order valence-corrected chi connectivity index (χ3v) is 7.13. The van der Waals surface area contributed by atoms with Crippen LogP contribution in [-0.2, 0) is 11.4 Å². The number of carbonyl (C=O) groups excluding carboxylic acids is 1. The number of ether oxygens (including phenoxy) is 1. The third kappa shape index (κ3) is 5.96. The van der Waals surface area contributed by atoms with Crippen LogP contribution >= 0.6 is 39.3 Å². The van der Waals surface area contributed by atoms with Crippen LogP contribution in [0.15, 0.2) is 81.1 Å². The number of carbonyl (C=O) groups is 2. The van der Waals surface area contributed by atoms with Crippen molar-refractivity contribution < 1.29 is 19.4 Å². The normalized spacial score (nSPS) is 15.7. The molecule has 3 aromatic rings. The topological polar surface area (TPSA) is 79.2 Å². The number of carboxylic acid groups (broad SMARTS) is 1. The molecular weight excluding hydrogens is 552 g/mol. The second-order valence-corrected chi connectivity index (χ2v) is 9.75. The van der Waals surface area contributed by atoms with E-state index in [1.54, 1.807) is 17.0 Å². The van der Waals surface area contributed by atoms with E-state index in [0.717, 1.165) is 15.6 Å². The van der Waals surface area contributed by atoms with Gasteiger partial charge in [-0.3, -0.25) is 9.69 Å². The zero-order valence-corrected chi connectivity index (χ0v) is 21.7. The molecule has 0 aliphatic carbocycles. The van der Waals surface area contributed by atoms with Crippen molar-refractivity contribution in [1.29, 1.82) is 0 Å². The van der Waals surface area contributed by atoms with Gasteiger partial charge in [0.25, 0.3) is 5.91 Å². The summed E-state index contributed by atoms with van der Waals surface area (Å²) in [5, 5.41) is 10.3. The van der Waals surface area contributed by atoms with Crippen molar-refractivity contribution in [3.05, 3.63) is 97.8 Å². The average molecular weight is 572 g/mol. The van der Waals surface area contributed by atoms with E-state index in [0.29, 0.717) is 39.7 Å². The van der Waals surface area contributed by atoms with Gasteiger partial charge in [0.15, 0.2) is 5.17 Å². The number of thioether (sulfide) groups is 1. The summed E-state index contributed by atoms with van der Waals surface area (Å²) in [6.07, 6.45) is 1.81. The van der Waals surface area contributed by atoms with Crippen molar-refractivity contribution in [3.63, 3.8) is 0 Å². The Balaban J connectivity index is 1.51. The number of carboxylic acids is 1. The fraction of sp³-hybridized carbons (Fsp3) is 0.115. The van der Waals surface area contributed by atoms with Crippen LogP contribution in [0.5, 0.6) is 5.75 Å². The van der Waals surface area contributed by atoms with Crippen molar-refractivity contribution >= 4 is 68.1 Å². The van der Waals surface area contributed by atoms with Gasteiger partial charge in [-0.2, -0.15) is 0 Å². The lowest BCUT2D eigenvalue weighted by atomic mass is 10.2. The Hall–Kier alpha value is -3.07. The van der Waals surface area contributed by atoms with Gasteiger partial charge < -0.3 is 9.84 Å². The molecule has 178 valence electrons. The van der Waals surface area contributed by atoms with Gasteiger partial charge in [-0.05, 0) is 88.7 Å². The molecule has 0 saturated carbocycles. The zero-order valence-electron chi connectivity index (χ0n) is 18.6. The Bertz CT molecular complexity index is 1340. The average Bonchev–Trinajstić information content (AvgIpc) is 3.13. The minimum atomic E-state index is -0.999. The molecule has 0 radical (unpaired) electrons. The standard InChI is InChI=1S/C26H20BrClN2O4S/c1-2-30-24(31)23(35-26(30)29-19-10-8-17(9-11-19)25(32)33)14-16-7-12-22(20(27)13-16)34-15-18-5-3-4-6-21(18)28/h3-14H,2,15H2,1H3,(H,32,33)/b23-14+,29-26?. The third-order valence-electron chi connectivity index (χ3n) is 5.14. The van der Waals surface area contributed by atoms with Crippen LogP contribution in [-0.4, -0.2) is 33.6 Å². The van der Waals surface area contributed by atoms with Crippen LogP contribution in [0.2, 0.25) is 5.02 Å². The lowest BCUT2D eigenvalue weighted by Gasteiger charge is -2.12. The van der Waals surface area contributed by atoms with Gasteiger partial charge in [0.1, 0.15) is 12.4 Å². The molecule has 0 aromatic heterocycles. The molecule has 35 heavy (non-hydrogen) atoms. The molecule has 1 heterocycles. The number of amidine groups is 1. The quantitative estimate of drug-likeness (QED) is 0.309. The summed E-state index contributed by atoms with van der Waals surface area (Å²) >= 11 is 11.0. The summed E-state index contributed by atoms with van der Waals surface area (Å²) < 4.78 is 6.66. The van der Waals surface area contributed by atoms with Crippen molar-refractivity contribution in [3.8, 4) is 5.75 Å². The Morgan fingerprint density at radius 3 is 2.57 bits per heavy atom. The maximum atomic E-state index is 13.0. The van der Waals surface area contributed by atoms with Crippen molar-refractivity contribution in [2.75, 3.05) is 6.54 Å². The largest absolute Gasteiger partial charge is 0.488 e. The lowest BCUT2D eigenvalue weighted by Crippen LogP contribution is -2.28. The predicted octanol–water partition coefficient (Wildman–Crippen LogP) is 7.00. The van der Waals surface area contributed by atoms with E-state index >= 15 is 0 Å². The minimum absolute atomic E-state index is 0.131. The van der Waals surface area contributed by atoms with E-state index in [1.807, 2.05) is 55.5 Å². The van der Waals surface area contributed by atoms with Gasteiger partial charge in [0.05, 0.1) is 20.6 Å². The van der Waals surface area contributed by atoms with Crippen LogP contribution in [0.3, 0.4) is 0 Å². The number of nitrogens with zero attached hydrogens (tertiary/aromatic N) is 2. The molecular formula is C26H20BrClN2O4S. The summed E-state index contributed by atoms with van der Waals surface area (Å²) in [5.74, 6) is -0.463. The molecule has 0 bridgehead atoms. The number of aliphatic imine (C=N–C) groups is 1. The molecule has 1 aliphatic rings. The highest BCUT2D eigenvalue weighted by molar-refractivity contribution is 9.10. The minimum Gasteiger partial charge on any atom is -0.488 e. The van der Waals surface area contributed by atoms with Crippen LogP contribution in [0.1, 0.15) is 28.4 Å². The van der Waals surface area contributed by atoms with Gasteiger partial charge in [-0.25, -0.2) is 9.79 Å². The molecule has 6 nitrogen and oxygen atoms in total. The number of hydrogen-bond donors (Lipinski definition) is 1. The number of amides is 1. The molecule has 1 aliphatic heterocycles. The number of likely N-dealkylation sites (N-methyl/N-ethyl adjacent to an activating group) is 1. The van der Waals surface area contributed by atoms with Crippen LogP contribution in [0.25, 0.3) is 6.08 Å². The number of benzene rings is 3. The van der Waals surface area contributed by atoms with Gasteiger partial charge in [0, 0.05) is 17.1 Å². The van der Waals surface area contributed by atoms with Gasteiger partial charge in [-0.15, -0.1) is 0 Å². The van der Waals surface area contributed by atoms with E-state index in [1.165, 1.54) is 23.9 Å². The summed E-state index contributed by atoms with van der Waals surface area (Å²) in [5.41, 5.74) is 2.49. The Kier molecular flexibility index (Phi) is 7.95. The number of rotatable bonds is 7. The second kappa shape index (κ2) is 11.1. The molecule has 3 aromatic carbocycles. The van der Waals surface area contributed by atoms with Gasteiger partial charge >= 0.3 is 5.97 Å². The highest BCUT2D eigenvalue weighted by Crippen LogP contribution is 2.35. The predicted molar refractivity (Wildman–Crippen MR) is 143 cm³/mol. The molecule has 0 atom stereocenters. The molecule has 0 spiro atoms. The summed E-state index contributed by atoms with van der Waals surface area (Å²) in [6.45, 7) is 2.69. The highest BCUT2D eigenvalue weighted by atomic mass is 79.9. The maximum absolute atomic E-state index is 13.0. The van der Waals surface area contributed by atoms with Gasteiger partial charge in [-0.1, -0.05) is 35.9 Å². The van der Waals surface area contributed by atoms with Crippen molar-refractivity contribution in [2.45, 2.75) is 13.5 Å². The van der Waals surface area contributed by atoms with Gasteiger partial charge in [0.2, 0.25) is 0 Å². The Labute approximate surface area is 220 Å². The number of aromatic carboxylic acids is 1. The molecule has 1 amide bonds.